The maximum absolute atomic E-state index is 11.5. The molecule has 1 amide bonds. The standard InChI is InChI=1S/C13H14BrN3O3S/c1-19-7-6-15-11(18)8-21-13-17-16-12(20-13)9-4-2-3-5-10(9)14/h2-5H,6-8H2,1H3,(H,15,18). The van der Waals surface area contributed by atoms with E-state index < -0.39 is 0 Å². The van der Waals surface area contributed by atoms with Crippen LogP contribution in [0.2, 0.25) is 0 Å². The van der Waals surface area contributed by atoms with E-state index in [2.05, 4.69) is 31.4 Å². The van der Waals surface area contributed by atoms with Gasteiger partial charge >= 0.3 is 0 Å². The molecule has 1 aromatic heterocycles. The fraction of sp³-hybridized carbons (Fsp3) is 0.308. The quantitative estimate of drug-likeness (QED) is 0.594. The first-order valence-corrected chi connectivity index (χ1v) is 7.95. The predicted molar refractivity (Wildman–Crippen MR) is 83.0 cm³/mol. The Morgan fingerprint density at radius 3 is 3.00 bits per heavy atom. The Labute approximate surface area is 134 Å². The molecule has 0 saturated heterocycles. The third kappa shape index (κ3) is 4.83. The van der Waals surface area contributed by atoms with E-state index in [1.54, 1.807) is 7.11 Å². The number of carbonyl (C=O) groups excluding carboxylic acids is 1. The van der Waals surface area contributed by atoms with Crippen LogP contribution in [0.25, 0.3) is 11.5 Å². The molecule has 0 fully saturated rings. The number of ether oxygens (including phenoxy) is 1. The first-order valence-electron chi connectivity index (χ1n) is 6.17. The Balaban J connectivity index is 1.89. The molecule has 8 heteroatoms. The van der Waals surface area contributed by atoms with Crippen LogP contribution in [0, 0.1) is 0 Å². The second-order valence-electron chi connectivity index (χ2n) is 3.98. The van der Waals surface area contributed by atoms with Crippen LogP contribution in [-0.4, -0.2) is 42.1 Å². The van der Waals surface area contributed by atoms with E-state index in [-0.39, 0.29) is 11.7 Å². The Morgan fingerprint density at radius 1 is 1.43 bits per heavy atom. The fourth-order valence-electron chi connectivity index (χ4n) is 1.48. The molecule has 2 aromatic rings. The highest BCUT2D eigenvalue weighted by Gasteiger charge is 2.12. The molecule has 0 aliphatic heterocycles. The van der Waals surface area contributed by atoms with Crippen molar-refractivity contribution in [3.05, 3.63) is 28.7 Å². The molecule has 0 bridgehead atoms. The number of benzene rings is 1. The van der Waals surface area contributed by atoms with Gasteiger partial charge in [0.15, 0.2) is 0 Å². The maximum Gasteiger partial charge on any atom is 0.277 e. The minimum absolute atomic E-state index is 0.0994. The number of nitrogens with zero attached hydrogens (tertiary/aromatic N) is 2. The second-order valence-corrected chi connectivity index (χ2v) is 5.77. The van der Waals surface area contributed by atoms with Gasteiger partial charge in [0, 0.05) is 18.1 Å². The summed E-state index contributed by atoms with van der Waals surface area (Å²) in [4.78, 5) is 11.5. The van der Waals surface area contributed by atoms with Crippen molar-refractivity contribution in [2.24, 2.45) is 0 Å². The van der Waals surface area contributed by atoms with Crippen molar-refractivity contribution in [1.82, 2.24) is 15.5 Å². The van der Waals surface area contributed by atoms with Crippen molar-refractivity contribution in [3.63, 3.8) is 0 Å². The number of hydrogen-bond acceptors (Lipinski definition) is 6. The summed E-state index contributed by atoms with van der Waals surface area (Å²) in [5.74, 6) is 0.545. The van der Waals surface area contributed by atoms with E-state index in [0.29, 0.717) is 24.3 Å². The van der Waals surface area contributed by atoms with Gasteiger partial charge in [-0.15, -0.1) is 10.2 Å². The topological polar surface area (TPSA) is 77.2 Å². The molecule has 6 nitrogen and oxygen atoms in total. The number of thioether (sulfide) groups is 1. The van der Waals surface area contributed by atoms with Crippen LogP contribution in [-0.2, 0) is 9.53 Å². The molecule has 1 N–H and O–H groups in total. The molecule has 1 aromatic carbocycles. The van der Waals surface area contributed by atoms with E-state index in [0.717, 1.165) is 10.0 Å². The van der Waals surface area contributed by atoms with Gasteiger partial charge in [0.05, 0.1) is 17.9 Å². The lowest BCUT2D eigenvalue weighted by Crippen LogP contribution is -2.28. The molecule has 0 spiro atoms. The largest absolute Gasteiger partial charge is 0.411 e. The molecule has 0 aliphatic carbocycles. The zero-order chi connectivity index (χ0) is 15.1. The van der Waals surface area contributed by atoms with Gasteiger partial charge in [-0.2, -0.15) is 0 Å². The van der Waals surface area contributed by atoms with E-state index in [4.69, 9.17) is 9.15 Å². The lowest BCUT2D eigenvalue weighted by molar-refractivity contribution is -0.118. The monoisotopic (exact) mass is 371 g/mol. The first kappa shape index (κ1) is 16.0. The molecule has 0 saturated carbocycles. The first-order chi connectivity index (χ1) is 10.2. The fourth-order valence-corrected chi connectivity index (χ4v) is 2.53. The summed E-state index contributed by atoms with van der Waals surface area (Å²) in [7, 11) is 1.59. The van der Waals surface area contributed by atoms with Gasteiger partial charge in [0.1, 0.15) is 0 Å². The van der Waals surface area contributed by atoms with E-state index in [1.165, 1.54) is 11.8 Å². The maximum atomic E-state index is 11.5. The van der Waals surface area contributed by atoms with E-state index in [1.807, 2.05) is 24.3 Å². The summed E-state index contributed by atoms with van der Waals surface area (Å²) in [5.41, 5.74) is 0.821. The number of carbonyl (C=O) groups is 1. The zero-order valence-corrected chi connectivity index (χ0v) is 13.7. The molecule has 0 atom stereocenters. The van der Waals surface area contributed by atoms with Crippen LogP contribution in [0.15, 0.2) is 38.4 Å². The number of hydrogen-bond donors (Lipinski definition) is 1. The Kier molecular flexibility index (Phi) is 6.21. The van der Waals surface area contributed by atoms with Crippen molar-refractivity contribution in [3.8, 4) is 11.5 Å². The van der Waals surface area contributed by atoms with Gasteiger partial charge in [-0.05, 0) is 28.1 Å². The van der Waals surface area contributed by atoms with Crippen molar-refractivity contribution < 1.29 is 13.9 Å². The minimum Gasteiger partial charge on any atom is -0.411 e. The third-order valence-corrected chi connectivity index (χ3v) is 3.98. The summed E-state index contributed by atoms with van der Waals surface area (Å²) in [6.07, 6.45) is 0. The normalized spacial score (nSPS) is 10.6. The highest BCUT2D eigenvalue weighted by molar-refractivity contribution is 9.10. The highest BCUT2D eigenvalue weighted by atomic mass is 79.9. The second kappa shape index (κ2) is 8.16. The van der Waals surface area contributed by atoms with Crippen molar-refractivity contribution in [2.45, 2.75) is 5.22 Å². The average molecular weight is 372 g/mol. The highest BCUT2D eigenvalue weighted by Crippen LogP contribution is 2.28. The summed E-state index contributed by atoms with van der Waals surface area (Å²) in [5, 5.41) is 11.0. The van der Waals surface area contributed by atoms with Gasteiger partial charge < -0.3 is 14.5 Å². The van der Waals surface area contributed by atoms with Crippen LogP contribution in [0.5, 0.6) is 0 Å². The molecular formula is C13H14BrN3O3S. The van der Waals surface area contributed by atoms with Gasteiger partial charge in [-0.25, -0.2) is 0 Å². The number of amides is 1. The molecule has 0 unspecified atom stereocenters. The molecule has 2 rings (SSSR count). The van der Waals surface area contributed by atoms with E-state index >= 15 is 0 Å². The Bertz CT molecular complexity index is 606. The molecule has 112 valence electrons. The minimum atomic E-state index is -0.0994. The van der Waals surface area contributed by atoms with Crippen molar-refractivity contribution >= 4 is 33.6 Å². The summed E-state index contributed by atoms with van der Waals surface area (Å²) in [6.45, 7) is 0.977. The van der Waals surface area contributed by atoms with Crippen LogP contribution in [0.1, 0.15) is 0 Å². The van der Waals surface area contributed by atoms with Crippen molar-refractivity contribution in [1.29, 1.82) is 0 Å². The van der Waals surface area contributed by atoms with Crippen LogP contribution in [0.3, 0.4) is 0 Å². The SMILES string of the molecule is COCCNC(=O)CSc1nnc(-c2ccccc2Br)o1. The Hall–Kier alpha value is -1.38. The predicted octanol–water partition coefficient (Wildman–Crippen LogP) is 2.35. The summed E-state index contributed by atoms with van der Waals surface area (Å²) in [6, 6.07) is 7.57. The van der Waals surface area contributed by atoms with Gasteiger partial charge in [0.25, 0.3) is 5.22 Å². The number of rotatable bonds is 7. The molecule has 21 heavy (non-hydrogen) atoms. The van der Waals surface area contributed by atoms with Crippen LogP contribution >= 0.6 is 27.7 Å². The van der Waals surface area contributed by atoms with Crippen molar-refractivity contribution in [2.75, 3.05) is 26.0 Å². The molecule has 1 heterocycles. The lowest BCUT2D eigenvalue weighted by Gasteiger charge is -2.02. The zero-order valence-electron chi connectivity index (χ0n) is 11.3. The number of methoxy groups -OCH3 is 1. The van der Waals surface area contributed by atoms with Gasteiger partial charge in [-0.3, -0.25) is 4.79 Å². The molecular weight excluding hydrogens is 358 g/mol. The van der Waals surface area contributed by atoms with E-state index in [9.17, 15) is 4.79 Å². The van der Waals surface area contributed by atoms with Gasteiger partial charge in [-0.1, -0.05) is 23.9 Å². The lowest BCUT2D eigenvalue weighted by atomic mass is 10.2. The Morgan fingerprint density at radius 2 is 2.24 bits per heavy atom. The third-order valence-electron chi connectivity index (χ3n) is 2.47. The molecule has 0 aliphatic rings. The smallest absolute Gasteiger partial charge is 0.277 e. The number of halogens is 1. The summed E-state index contributed by atoms with van der Waals surface area (Å²) < 4.78 is 11.3. The number of nitrogens with one attached hydrogen (secondary N) is 1. The molecule has 0 radical (unpaired) electrons. The van der Waals surface area contributed by atoms with Crippen LogP contribution in [0.4, 0.5) is 0 Å². The summed E-state index contributed by atoms with van der Waals surface area (Å²) >= 11 is 4.63. The number of aromatic nitrogens is 2. The van der Waals surface area contributed by atoms with Gasteiger partial charge in [0.2, 0.25) is 11.8 Å². The van der Waals surface area contributed by atoms with Crippen LogP contribution < -0.4 is 5.32 Å². The average Bonchev–Trinajstić information content (AvgIpc) is 2.94.